The molecule has 0 N–H and O–H groups in total. The molecule has 1 saturated heterocycles. The average molecular weight is 423 g/mol. The van der Waals surface area contributed by atoms with E-state index in [1.54, 1.807) is 4.68 Å². The van der Waals surface area contributed by atoms with E-state index in [0.29, 0.717) is 16.3 Å². The zero-order chi connectivity index (χ0) is 21.1. The highest BCUT2D eigenvalue weighted by Gasteiger charge is 2.26. The van der Waals surface area contributed by atoms with Gasteiger partial charge in [-0.05, 0) is 32.0 Å². The summed E-state index contributed by atoms with van der Waals surface area (Å²) in [5.74, 6) is 0.0278. The van der Waals surface area contributed by atoms with Crippen molar-refractivity contribution >= 4 is 17.5 Å². The third-order valence-corrected chi connectivity index (χ3v) is 5.89. The van der Waals surface area contributed by atoms with Crippen molar-refractivity contribution in [3.63, 3.8) is 0 Å². The van der Waals surface area contributed by atoms with Crippen LogP contribution in [-0.2, 0) is 0 Å². The second-order valence-corrected chi connectivity index (χ2v) is 8.19. The van der Waals surface area contributed by atoms with Gasteiger partial charge in [-0.1, -0.05) is 60.5 Å². The second kappa shape index (κ2) is 9.02. The van der Waals surface area contributed by atoms with Gasteiger partial charge in [0.15, 0.2) is 0 Å². The summed E-state index contributed by atoms with van der Waals surface area (Å²) in [6.45, 7) is 8.63. The van der Waals surface area contributed by atoms with Crippen LogP contribution in [0.25, 0.3) is 16.9 Å². The lowest BCUT2D eigenvalue weighted by molar-refractivity contribution is 0.0638. The Morgan fingerprint density at radius 2 is 1.73 bits per heavy atom. The van der Waals surface area contributed by atoms with Crippen LogP contribution in [0.2, 0.25) is 5.02 Å². The molecule has 0 bridgehead atoms. The van der Waals surface area contributed by atoms with Gasteiger partial charge in [0.05, 0.1) is 16.3 Å². The van der Waals surface area contributed by atoms with Crippen LogP contribution in [0.15, 0.2) is 54.7 Å². The Morgan fingerprint density at radius 3 is 2.40 bits per heavy atom. The summed E-state index contributed by atoms with van der Waals surface area (Å²) in [6.07, 6.45) is 2.95. The minimum atomic E-state index is 0.0278. The number of benzene rings is 2. The molecule has 0 radical (unpaired) electrons. The quantitative estimate of drug-likeness (QED) is 0.600. The number of aromatic nitrogens is 2. The Morgan fingerprint density at radius 1 is 1.03 bits per heavy atom. The largest absolute Gasteiger partial charge is 0.336 e. The highest BCUT2D eigenvalue weighted by Crippen LogP contribution is 2.28. The number of rotatable bonds is 5. The van der Waals surface area contributed by atoms with Gasteiger partial charge in [-0.25, -0.2) is 4.68 Å². The number of aryl methyl sites for hydroxylation is 1. The summed E-state index contributed by atoms with van der Waals surface area (Å²) in [7, 11) is 0. The van der Waals surface area contributed by atoms with Crippen LogP contribution in [0.3, 0.4) is 0 Å². The van der Waals surface area contributed by atoms with Gasteiger partial charge in [-0.15, -0.1) is 0 Å². The van der Waals surface area contributed by atoms with Crippen molar-refractivity contribution in [2.45, 2.75) is 20.3 Å². The minimum Gasteiger partial charge on any atom is -0.336 e. The Labute approximate surface area is 182 Å². The van der Waals surface area contributed by atoms with E-state index in [9.17, 15) is 4.79 Å². The zero-order valence-corrected chi connectivity index (χ0v) is 18.3. The fourth-order valence-corrected chi connectivity index (χ4v) is 4.10. The number of hydrogen-bond acceptors (Lipinski definition) is 3. The van der Waals surface area contributed by atoms with Crippen molar-refractivity contribution in [2.75, 3.05) is 32.7 Å². The van der Waals surface area contributed by atoms with E-state index in [4.69, 9.17) is 16.7 Å². The molecule has 1 aliphatic heterocycles. The van der Waals surface area contributed by atoms with Crippen LogP contribution in [0.5, 0.6) is 0 Å². The molecular weight excluding hydrogens is 396 g/mol. The van der Waals surface area contributed by atoms with E-state index in [1.807, 2.05) is 66.6 Å². The van der Waals surface area contributed by atoms with Crippen molar-refractivity contribution in [1.29, 1.82) is 0 Å². The van der Waals surface area contributed by atoms with Crippen molar-refractivity contribution in [3.05, 3.63) is 70.9 Å². The van der Waals surface area contributed by atoms with Crippen LogP contribution in [0.4, 0.5) is 0 Å². The zero-order valence-electron chi connectivity index (χ0n) is 17.5. The molecule has 5 nitrogen and oxygen atoms in total. The van der Waals surface area contributed by atoms with Crippen LogP contribution in [0.1, 0.15) is 29.3 Å². The van der Waals surface area contributed by atoms with Crippen molar-refractivity contribution in [1.82, 2.24) is 19.6 Å². The lowest BCUT2D eigenvalue weighted by Gasteiger charge is -2.34. The minimum absolute atomic E-state index is 0.0278. The molecule has 1 amide bonds. The monoisotopic (exact) mass is 422 g/mol. The molecule has 3 aromatic rings. The smallest absolute Gasteiger partial charge is 0.257 e. The standard InChI is InChI=1S/C24H27ClN4O/c1-3-12-27-13-15-28(16-14-27)24(30)20-17-29(22-7-5-4-6-21(22)25)26-23(20)19-10-8-18(2)9-11-19/h4-11,17H,3,12-16H2,1-2H3. The number of amides is 1. The summed E-state index contributed by atoms with van der Waals surface area (Å²) >= 11 is 6.40. The molecule has 0 unspecified atom stereocenters. The maximum atomic E-state index is 13.5. The normalized spacial score (nSPS) is 14.8. The fourth-order valence-electron chi connectivity index (χ4n) is 3.88. The highest BCUT2D eigenvalue weighted by atomic mass is 35.5. The SMILES string of the molecule is CCCN1CCN(C(=O)c2cn(-c3ccccc3Cl)nc2-c2ccc(C)cc2)CC1. The molecule has 4 rings (SSSR count). The van der Waals surface area contributed by atoms with E-state index in [0.717, 1.165) is 50.4 Å². The predicted octanol–water partition coefficient (Wildman–Crippen LogP) is 4.67. The van der Waals surface area contributed by atoms with E-state index >= 15 is 0 Å². The highest BCUT2D eigenvalue weighted by molar-refractivity contribution is 6.32. The first-order valence-corrected chi connectivity index (χ1v) is 10.9. The van der Waals surface area contributed by atoms with Crippen molar-refractivity contribution in [2.24, 2.45) is 0 Å². The number of carbonyl (C=O) groups excluding carboxylic acids is 1. The molecule has 0 saturated carbocycles. The van der Waals surface area contributed by atoms with E-state index in [1.165, 1.54) is 5.56 Å². The number of nitrogens with zero attached hydrogens (tertiary/aromatic N) is 4. The van der Waals surface area contributed by atoms with Gasteiger partial charge >= 0.3 is 0 Å². The van der Waals surface area contributed by atoms with Gasteiger partial charge in [0.1, 0.15) is 5.69 Å². The summed E-state index contributed by atoms with van der Waals surface area (Å²) in [4.78, 5) is 17.8. The average Bonchev–Trinajstić information content (AvgIpc) is 3.20. The van der Waals surface area contributed by atoms with Gasteiger partial charge in [0.25, 0.3) is 5.91 Å². The molecule has 1 aromatic heterocycles. The van der Waals surface area contributed by atoms with Crippen LogP contribution < -0.4 is 0 Å². The number of piperazine rings is 1. The topological polar surface area (TPSA) is 41.4 Å². The molecule has 0 atom stereocenters. The molecule has 156 valence electrons. The lowest BCUT2D eigenvalue weighted by atomic mass is 10.1. The first kappa shape index (κ1) is 20.6. The maximum Gasteiger partial charge on any atom is 0.257 e. The second-order valence-electron chi connectivity index (χ2n) is 7.79. The predicted molar refractivity (Wildman–Crippen MR) is 121 cm³/mol. The van der Waals surface area contributed by atoms with Gasteiger partial charge in [0.2, 0.25) is 0 Å². The summed E-state index contributed by atoms with van der Waals surface area (Å²) in [5.41, 5.74) is 4.17. The number of halogens is 1. The van der Waals surface area contributed by atoms with Crippen LogP contribution in [-0.4, -0.2) is 58.2 Å². The van der Waals surface area contributed by atoms with Crippen molar-refractivity contribution in [3.8, 4) is 16.9 Å². The number of hydrogen-bond donors (Lipinski definition) is 0. The van der Waals surface area contributed by atoms with Gasteiger partial charge < -0.3 is 4.90 Å². The Kier molecular flexibility index (Phi) is 6.21. The van der Waals surface area contributed by atoms with Crippen molar-refractivity contribution < 1.29 is 4.79 Å². The molecular formula is C24H27ClN4O. The summed E-state index contributed by atoms with van der Waals surface area (Å²) in [5, 5.41) is 5.38. The molecule has 0 aliphatic carbocycles. The number of carbonyl (C=O) groups is 1. The van der Waals surface area contributed by atoms with Gasteiger partial charge in [-0.3, -0.25) is 9.69 Å². The van der Waals surface area contributed by atoms with Crippen LogP contribution in [0, 0.1) is 6.92 Å². The molecule has 30 heavy (non-hydrogen) atoms. The Hall–Kier alpha value is -2.63. The van der Waals surface area contributed by atoms with Gasteiger partial charge in [-0.2, -0.15) is 5.10 Å². The lowest BCUT2D eigenvalue weighted by Crippen LogP contribution is -2.48. The van der Waals surface area contributed by atoms with Gasteiger partial charge in [0, 0.05) is 37.9 Å². The van der Waals surface area contributed by atoms with E-state index < -0.39 is 0 Å². The first-order chi connectivity index (χ1) is 14.6. The van der Waals surface area contributed by atoms with E-state index in [2.05, 4.69) is 11.8 Å². The molecule has 1 fully saturated rings. The Balaban J connectivity index is 1.69. The van der Waals surface area contributed by atoms with E-state index in [-0.39, 0.29) is 5.91 Å². The third-order valence-electron chi connectivity index (χ3n) is 5.57. The Bertz CT molecular complexity index is 1020. The molecule has 2 aromatic carbocycles. The molecule has 0 spiro atoms. The number of para-hydroxylation sites is 1. The summed E-state index contributed by atoms with van der Waals surface area (Å²) in [6, 6.07) is 15.7. The maximum absolute atomic E-state index is 13.5. The summed E-state index contributed by atoms with van der Waals surface area (Å²) < 4.78 is 1.72. The first-order valence-electron chi connectivity index (χ1n) is 10.5. The molecule has 6 heteroatoms. The third kappa shape index (κ3) is 4.27. The molecule has 1 aliphatic rings. The van der Waals surface area contributed by atoms with Crippen LogP contribution >= 0.6 is 11.6 Å². The molecule has 2 heterocycles. The fraction of sp³-hybridized carbons (Fsp3) is 0.333.